The van der Waals surface area contributed by atoms with Gasteiger partial charge in [-0.25, -0.2) is 4.98 Å². The van der Waals surface area contributed by atoms with Gasteiger partial charge in [0.15, 0.2) is 0 Å². The highest BCUT2D eigenvalue weighted by molar-refractivity contribution is 6.29. The third-order valence-corrected chi connectivity index (χ3v) is 5.57. The van der Waals surface area contributed by atoms with Crippen molar-refractivity contribution in [1.29, 1.82) is 0 Å². The minimum absolute atomic E-state index is 0.0223. The van der Waals surface area contributed by atoms with Gasteiger partial charge in [0.25, 0.3) is 0 Å². The Morgan fingerprint density at radius 2 is 1.28 bits per heavy atom. The first-order valence-electron chi connectivity index (χ1n) is 11.7. The van der Waals surface area contributed by atoms with Crippen LogP contribution in [0.1, 0.15) is 110 Å². The van der Waals surface area contributed by atoms with E-state index in [-0.39, 0.29) is 16.7 Å². The van der Waals surface area contributed by atoms with E-state index in [9.17, 15) is 10.1 Å². The molecule has 6 heteroatoms. The standard InChI is InChI=1S/C23H40ClN3O2/c1-2-3-4-5-6-7-8-9-10-11-12-13-14-15-16-17-20-25-23-21(27(28)29)18-19-22(24)26-23/h18-19H,2-17,20H2,1H3,(H,25,26). The summed E-state index contributed by atoms with van der Waals surface area (Å²) in [6.07, 6.45) is 21.3. The number of halogens is 1. The van der Waals surface area contributed by atoms with Gasteiger partial charge in [-0.3, -0.25) is 10.1 Å². The molecule has 1 aromatic rings. The SMILES string of the molecule is CCCCCCCCCCCCCCCCCCNc1nc(Cl)ccc1[N+](=O)[O-]. The van der Waals surface area contributed by atoms with Crippen LogP contribution in [0.2, 0.25) is 5.15 Å². The highest BCUT2D eigenvalue weighted by Gasteiger charge is 2.14. The van der Waals surface area contributed by atoms with E-state index >= 15 is 0 Å². The second kappa shape index (κ2) is 17.5. The molecule has 0 fully saturated rings. The van der Waals surface area contributed by atoms with Crippen molar-refractivity contribution in [2.45, 2.75) is 110 Å². The Kier molecular flexibility index (Phi) is 15.5. The molecule has 0 aliphatic rings. The first kappa shape index (κ1) is 25.7. The highest BCUT2D eigenvalue weighted by atomic mass is 35.5. The minimum Gasteiger partial charge on any atom is -0.364 e. The smallest absolute Gasteiger partial charge is 0.311 e. The molecule has 5 nitrogen and oxygen atoms in total. The van der Waals surface area contributed by atoms with Crippen LogP contribution in [0.4, 0.5) is 11.5 Å². The Labute approximate surface area is 182 Å². The van der Waals surface area contributed by atoms with Crippen LogP contribution in [0, 0.1) is 10.1 Å². The van der Waals surface area contributed by atoms with E-state index in [1.54, 1.807) is 0 Å². The molecule has 0 aliphatic carbocycles. The van der Waals surface area contributed by atoms with Crippen LogP contribution in [-0.4, -0.2) is 16.5 Å². The van der Waals surface area contributed by atoms with Gasteiger partial charge in [0.2, 0.25) is 5.82 Å². The average molecular weight is 426 g/mol. The summed E-state index contributed by atoms with van der Waals surface area (Å²) in [6.45, 7) is 2.96. The van der Waals surface area contributed by atoms with Crippen LogP contribution in [0.5, 0.6) is 0 Å². The summed E-state index contributed by atoms with van der Waals surface area (Å²) < 4.78 is 0. The maximum absolute atomic E-state index is 11.0. The lowest BCUT2D eigenvalue weighted by atomic mass is 10.0. The molecule has 0 saturated carbocycles. The molecule has 0 aromatic carbocycles. The fourth-order valence-corrected chi connectivity index (χ4v) is 3.73. The third-order valence-electron chi connectivity index (χ3n) is 5.36. The zero-order valence-corrected chi connectivity index (χ0v) is 19.0. The predicted octanol–water partition coefficient (Wildman–Crippen LogP) is 8.32. The molecule has 0 amide bonds. The maximum atomic E-state index is 11.0. The van der Waals surface area contributed by atoms with Crippen molar-refractivity contribution < 1.29 is 4.92 Å². The van der Waals surface area contributed by atoms with Crippen LogP contribution in [0.3, 0.4) is 0 Å². The van der Waals surface area contributed by atoms with Crippen molar-refractivity contribution in [1.82, 2.24) is 4.98 Å². The molecule has 0 atom stereocenters. The van der Waals surface area contributed by atoms with Gasteiger partial charge in [0.05, 0.1) is 4.92 Å². The number of hydrogen-bond acceptors (Lipinski definition) is 4. The predicted molar refractivity (Wildman–Crippen MR) is 124 cm³/mol. The Balaban J connectivity index is 1.89. The van der Waals surface area contributed by atoms with Crippen LogP contribution in [0.25, 0.3) is 0 Å². The van der Waals surface area contributed by atoms with Crippen LogP contribution in [-0.2, 0) is 0 Å². The summed E-state index contributed by atoms with van der Waals surface area (Å²) in [7, 11) is 0. The first-order valence-corrected chi connectivity index (χ1v) is 12.1. The molecule has 166 valence electrons. The van der Waals surface area contributed by atoms with Gasteiger partial charge >= 0.3 is 5.69 Å². The van der Waals surface area contributed by atoms with Gasteiger partial charge in [0, 0.05) is 12.6 Å². The molecule has 1 heterocycles. The number of anilines is 1. The summed E-state index contributed by atoms with van der Waals surface area (Å²) in [5.41, 5.74) is -0.0223. The Bertz CT molecular complexity index is 555. The van der Waals surface area contributed by atoms with Gasteiger partial charge < -0.3 is 5.32 Å². The summed E-state index contributed by atoms with van der Waals surface area (Å²) in [5.74, 6) is 0.267. The van der Waals surface area contributed by atoms with E-state index in [4.69, 9.17) is 11.6 Å². The fraction of sp³-hybridized carbons (Fsp3) is 0.783. The summed E-state index contributed by atoms with van der Waals surface area (Å²) in [4.78, 5) is 14.6. The highest BCUT2D eigenvalue weighted by Crippen LogP contribution is 2.24. The first-order chi connectivity index (χ1) is 14.1. The van der Waals surface area contributed by atoms with Gasteiger partial charge in [-0.1, -0.05) is 115 Å². The normalized spacial score (nSPS) is 11.0. The van der Waals surface area contributed by atoms with Crippen molar-refractivity contribution in [3.8, 4) is 0 Å². The Morgan fingerprint density at radius 3 is 1.72 bits per heavy atom. The van der Waals surface area contributed by atoms with Crippen molar-refractivity contribution in [3.05, 3.63) is 27.4 Å². The number of aromatic nitrogens is 1. The molecule has 0 saturated heterocycles. The Hall–Kier alpha value is -1.36. The van der Waals surface area contributed by atoms with Crippen molar-refractivity contribution >= 4 is 23.1 Å². The third kappa shape index (κ3) is 13.5. The lowest BCUT2D eigenvalue weighted by molar-refractivity contribution is -0.384. The maximum Gasteiger partial charge on any atom is 0.311 e. The number of nitrogens with zero attached hydrogens (tertiary/aromatic N) is 2. The number of hydrogen-bond donors (Lipinski definition) is 1. The number of pyridine rings is 1. The molecule has 0 unspecified atom stereocenters. The number of unbranched alkanes of at least 4 members (excludes halogenated alkanes) is 15. The summed E-state index contributed by atoms with van der Waals surface area (Å²) >= 11 is 5.83. The number of rotatable bonds is 19. The van der Waals surface area contributed by atoms with E-state index in [1.165, 1.54) is 102 Å². The second-order valence-electron chi connectivity index (χ2n) is 7.99. The van der Waals surface area contributed by atoms with Crippen molar-refractivity contribution in [2.24, 2.45) is 0 Å². The summed E-state index contributed by atoms with van der Waals surface area (Å²) in [5, 5.41) is 14.3. The van der Waals surface area contributed by atoms with Crippen molar-refractivity contribution in [2.75, 3.05) is 11.9 Å². The summed E-state index contributed by atoms with van der Waals surface area (Å²) in [6, 6.07) is 2.84. The van der Waals surface area contributed by atoms with Crippen molar-refractivity contribution in [3.63, 3.8) is 0 Å². The van der Waals surface area contributed by atoms with Gasteiger partial charge in [-0.2, -0.15) is 0 Å². The van der Waals surface area contributed by atoms with E-state index in [1.807, 2.05) is 0 Å². The van der Waals surface area contributed by atoms with Crippen LogP contribution in [0.15, 0.2) is 12.1 Å². The van der Waals surface area contributed by atoms with E-state index in [2.05, 4.69) is 17.2 Å². The quantitative estimate of drug-likeness (QED) is 0.105. The van der Waals surface area contributed by atoms with E-state index in [0.717, 1.165) is 12.8 Å². The molecule has 29 heavy (non-hydrogen) atoms. The number of nitro groups is 1. The zero-order valence-electron chi connectivity index (χ0n) is 18.3. The van der Waals surface area contributed by atoms with Crippen LogP contribution < -0.4 is 5.32 Å². The molecule has 1 rings (SSSR count). The molecule has 0 bridgehead atoms. The lowest BCUT2D eigenvalue weighted by Crippen LogP contribution is -2.06. The van der Waals surface area contributed by atoms with Crippen LogP contribution >= 0.6 is 11.6 Å². The minimum atomic E-state index is -0.431. The number of nitrogens with one attached hydrogen (secondary N) is 1. The Morgan fingerprint density at radius 1 is 0.828 bits per heavy atom. The van der Waals surface area contributed by atoms with E-state index in [0.29, 0.717) is 6.54 Å². The molecule has 1 N–H and O–H groups in total. The second-order valence-corrected chi connectivity index (χ2v) is 8.38. The monoisotopic (exact) mass is 425 g/mol. The van der Waals surface area contributed by atoms with Gasteiger partial charge in [0.1, 0.15) is 5.15 Å². The molecular weight excluding hydrogens is 386 g/mol. The largest absolute Gasteiger partial charge is 0.364 e. The van der Waals surface area contributed by atoms with Gasteiger partial charge in [-0.15, -0.1) is 0 Å². The lowest BCUT2D eigenvalue weighted by Gasteiger charge is -2.06. The molecular formula is C23H40ClN3O2. The zero-order chi connectivity index (χ0) is 21.2. The molecule has 0 radical (unpaired) electrons. The fourth-order valence-electron chi connectivity index (χ4n) is 3.59. The topological polar surface area (TPSA) is 68.1 Å². The van der Waals surface area contributed by atoms with E-state index < -0.39 is 4.92 Å². The molecule has 1 aromatic heterocycles. The van der Waals surface area contributed by atoms with Gasteiger partial charge in [-0.05, 0) is 12.5 Å². The molecule has 0 aliphatic heterocycles. The average Bonchev–Trinajstić information content (AvgIpc) is 2.70. The molecule has 0 spiro atoms.